The number of benzene rings is 2. The van der Waals surface area contributed by atoms with Crippen LogP contribution in [0.2, 0.25) is 0 Å². The van der Waals surface area contributed by atoms with Crippen molar-refractivity contribution in [2.45, 2.75) is 31.5 Å². The topological polar surface area (TPSA) is 87.5 Å². The molecular weight excluding hydrogens is 342 g/mol. The van der Waals surface area contributed by atoms with Gasteiger partial charge in [-0.05, 0) is 16.7 Å². The maximum atomic E-state index is 10.8. The van der Waals surface area contributed by atoms with Gasteiger partial charge in [0.2, 0.25) is 0 Å². The molecule has 140 valence electrons. The summed E-state index contributed by atoms with van der Waals surface area (Å²) in [5.74, 6) is -0.293. The van der Waals surface area contributed by atoms with Crippen LogP contribution in [0.4, 0.5) is 0 Å². The Balaban J connectivity index is 1.70. The molecule has 0 aliphatic heterocycles. The van der Waals surface area contributed by atoms with Gasteiger partial charge in [-0.1, -0.05) is 77.9 Å². The maximum Gasteiger partial charge on any atom is 0.114 e. The second-order valence-electron chi connectivity index (χ2n) is 6.48. The van der Waals surface area contributed by atoms with Crippen molar-refractivity contribution in [2.24, 2.45) is 11.0 Å². The van der Waals surface area contributed by atoms with Crippen LogP contribution in [-0.4, -0.2) is 30.0 Å². The number of aliphatic hydroxyl groups is 1. The first-order chi connectivity index (χ1) is 13.3. The number of nitrogens with zero attached hydrogens (tertiary/aromatic N) is 3. The van der Waals surface area contributed by atoms with Crippen LogP contribution < -0.4 is 0 Å². The molecule has 0 amide bonds. The minimum Gasteiger partial charge on any atom is -0.390 e. The fourth-order valence-corrected chi connectivity index (χ4v) is 3.09. The molecule has 0 saturated carbocycles. The predicted octanol–water partition coefficient (Wildman–Crippen LogP) is 4.01. The number of hydrogen-bond acceptors (Lipinski definition) is 4. The van der Waals surface area contributed by atoms with Gasteiger partial charge in [-0.3, -0.25) is 0 Å². The Labute approximate surface area is 158 Å². The average molecular weight is 365 g/mol. The molecule has 4 atom stereocenters. The molecule has 6 heteroatoms. The molecule has 6 nitrogen and oxygen atoms in total. The molecule has 0 heterocycles. The average Bonchev–Trinajstić information content (AvgIpc) is 2.72. The van der Waals surface area contributed by atoms with E-state index in [1.807, 2.05) is 72.8 Å². The molecule has 0 fully saturated rings. The van der Waals surface area contributed by atoms with E-state index < -0.39 is 12.2 Å². The first-order valence-electron chi connectivity index (χ1n) is 8.96. The van der Waals surface area contributed by atoms with Crippen molar-refractivity contribution in [3.8, 4) is 0 Å². The minimum atomic E-state index is -0.815. The van der Waals surface area contributed by atoms with Crippen LogP contribution in [0.25, 0.3) is 10.4 Å². The summed E-state index contributed by atoms with van der Waals surface area (Å²) in [5, 5.41) is 14.4. The van der Waals surface area contributed by atoms with Crippen LogP contribution in [0.15, 0.2) is 77.9 Å². The Morgan fingerprint density at radius 1 is 0.889 bits per heavy atom. The molecule has 0 aromatic heterocycles. The summed E-state index contributed by atoms with van der Waals surface area (Å²) in [6, 6.07) is 19.7. The van der Waals surface area contributed by atoms with Gasteiger partial charge in [0.05, 0.1) is 19.3 Å². The van der Waals surface area contributed by atoms with Crippen molar-refractivity contribution >= 4 is 0 Å². The van der Waals surface area contributed by atoms with Crippen molar-refractivity contribution in [3.63, 3.8) is 0 Å². The van der Waals surface area contributed by atoms with E-state index in [0.717, 1.165) is 11.1 Å². The lowest BCUT2D eigenvalue weighted by Gasteiger charge is -2.36. The van der Waals surface area contributed by atoms with E-state index in [0.29, 0.717) is 13.2 Å². The Hall–Kier alpha value is -2.63. The van der Waals surface area contributed by atoms with E-state index in [1.54, 1.807) is 0 Å². The number of azide groups is 1. The van der Waals surface area contributed by atoms with E-state index in [4.69, 9.17) is 15.0 Å². The molecule has 1 N–H and O–H groups in total. The maximum absolute atomic E-state index is 10.8. The quantitative estimate of drug-likeness (QED) is 0.332. The van der Waals surface area contributed by atoms with Crippen LogP contribution in [0.5, 0.6) is 0 Å². The molecule has 0 spiro atoms. The Bertz CT molecular complexity index is 776. The first-order valence-corrected chi connectivity index (χ1v) is 8.96. The minimum absolute atomic E-state index is 0.185. The number of ether oxygens (including phenoxy) is 2. The van der Waals surface area contributed by atoms with Crippen LogP contribution >= 0.6 is 0 Å². The van der Waals surface area contributed by atoms with Gasteiger partial charge in [0, 0.05) is 17.4 Å². The molecule has 0 radical (unpaired) electrons. The highest BCUT2D eigenvalue weighted by Gasteiger charge is 2.36. The smallest absolute Gasteiger partial charge is 0.114 e. The van der Waals surface area contributed by atoms with Crippen molar-refractivity contribution < 1.29 is 14.6 Å². The summed E-state index contributed by atoms with van der Waals surface area (Å²) in [4.78, 5) is 2.79. The van der Waals surface area contributed by atoms with Gasteiger partial charge in [0.15, 0.2) is 0 Å². The van der Waals surface area contributed by atoms with E-state index in [2.05, 4.69) is 10.0 Å². The van der Waals surface area contributed by atoms with Crippen molar-refractivity contribution in [1.82, 2.24) is 0 Å². The Morgan fingerprint density at radius 2 is 1.48 bits per heavy atom. The highest BCUT2D eigenvalue weighted by atomic mass is 16.5. The fraction of sp³-hybridized carbons (Fsp3) is 0.333. The summed E-state index contributed by atoms with van der Waals surface area (Å²) < 4.78 is 12.0. The lowest BCUT2D eigenvalue weighted by Crippen LogP contribution is -2.47. The highest BCUT2D eigenvalue weighted by molar-refractivity contribution is 5.16. The molecule has 27 heavy (non-hydrogen) atoms. The SMILES string of the molecule is [N-]=[N+]=NC[C@H]1C=C[C@H](OCc2ccccc2)[C@@H](OCc2ccccc2)[C@@H]1O. The molecular formula is C21H23N3O3. The number of aliphatic hydroxyl groups excluding tert-OH is 1. The van der Waals surface area contributed by atoms with E-state index >= 15 is 0 Å². The number of hydrogen-bond donors (Lipinski definition) is 1. The van der Waals surface area contributed by atoms with Crippen LogP contribution in [0.3, 0.4) is 0 Å². The third-order valence-corrected chi connectivity index (χ3v) is 4.57. The lowest BCUT2D eigenvalue weighted by molar-refractivity contribution is -0.130. The van der Waals surface area contributed by atoms with E-state index in [1.165, 1.54) is 0 Å². The Kier molecular flexibility index (Phi) is 7.02. The zero-order chi connectivity index (χ0) is 18.9. The zero-order valence-corrected chi connectivity index (χ0v) is 15.0. The van der Waals surface area contributed by atoms with Gasteiger partial charge in [0.25, 0.3) is 0 Å². The highest BCUT2D eigenvalue weighted by Crippen LogP contribution is 2.26. The van der Waals surface area contributed by atoms with Gasteiger partial charge in [-0.25, -0.2) is 0 Å². The van der Waals surface area contributed by atoms with Crippen LogP contribution in [0, 0.1) is 5.92 Å². The first kappa shape index (κ1) is 19.1. The van der Waals surface area contributed by atoms with Crippen molar-refractivity contribution in [1.29, 1.82) is 0 Å². The van der Waals surface area contributed by atoms with Gasteiger partial charge >= 0.3 is 0 Å². The molecule has 0 saturated heterocycles. The molecule has 2 aromatic carbocycles. The molecule has 3 rings (SSSR count). The van der Waals surface area contributed by atoms with Crippen molar-refractivity contribution in [2.75, 3.05) is 6.54 Å². The fourth-order valence-electron chi connectivity index (χ4n) is 3.09. The second-order valence-corrected chi connectivity index (χ2v) is 6.48. The largest absolute Gasteiger partial charge is 0.390 e. The lowest BCUT2D eigenvalue weighted by atomic mass is 9.88. The Morgan fingerprint density at radius 3 is 2.07 bits per heavy atom. The van der Waals surface area contributed by atoms with Gasteiger partial charge in [0.1, 0.15) is 12.2 Å². The third kappa shape index (κ3) is 5.42. The third-order valence-electron chi connectivity index (χ3n) is 4.57. The van der Waals surface area contributed by atoms with Crippen molar-refractivity contribution in [3.05, 3.63) is 94.4 Å². The van der Waals surface area contributed by atoms with Crippen LogP contribution in [-0.2, 0) is 22.7 Å². The van der Waals surface area contributed by atoms with Gasteiger partial charge < -0.3 is 14.6 Å². The standard InChI is InChI=1S/C21H23N3O3/c22-24-23-13-18-11-12-19(26-14-16-7-3-1-4-8-16)21(20(18)25)27-15-17-9-5-2-6-10-17/h1-12,18-21,25H,13-15H2/t18-,19+,20-,21-/m1/s1. The molecule has 1 aliphatic carbocycles. The molecule has 2 aromatic rings. The van der Waals surface area contributed by atoms with Crippen LogP contribution in [0.1, 0.15) is 11.1 Å². The van der Waals surface area contributed by atoms with E-state index in [9.17, 15) is 5.11 Å². The van der Waals surface area contributed by atoms with Gasteiger partial charge in [-0.15, -0.1) is 0 Å². The summed E-state index contributed by atoms with van der Waals surface area (Å²) in [6.45, 7) is 0.982. The summed E-state index contributed by atoms with van der Waals surface area (Å²) in [6.07, 6.45) is 1.99. The summed E-state index contributed by atoms with van der Waals surface area (Å²) >= 11 is 0. The molecule has 0 unspecified atom stereocenters. The molecule has 1 aliphatic rings. The number of rotatable bonds is 8. The predicted molar refractivity (Wildman–Crippen MR) is 103 cm³/mol. The normalized spacial score (nSPS) is 24.3. The molecule has 0 bridgehead atoms. The summed E-state index contributed by atoms with van der Waals surface area (Å²) in [5.41, 5.74) is 10.6. The van der Waals surface area contributed by atoms with Gasteiger partial charge in [-0.2, -0.15) is 0 Å². The zero-order valence-electron chi connectivity index (χ0n) is 15.0. The van der Waals surface area contributed by atoms with E-state index in [-0.39, 0.29) is 18.6 Å². The second kappa shape index (κ2) is 9.90. The summed E-state index contributed by atoms with van der Waals surface area (Å²) in [7, 11) is 0. The monoisotopic (exact) mass is 365 g/mol.